The fraction of sp³-hybridized carbons (Fsp3) is 0.733. The largest absolute Gasteiger partial charge is 0.374 e. The topological polar surface area (TPSA) is 76.6 Å². The van der Waals surface area contributed by atoms with E-state index in [2.05, 4.69) is 9.88 Å². The second-order valence-corrected chi connectivity index (χ2v) is 6.76. The summed E-state index contributed by atoms with van der Waals surface area (Å²) < 4.78 is 7.36. The molecule has 23 heavy (non-hydrogen) atoms. The van der Waals surface area contributed by atoms with Gasteiger partial charge in [0.1, 0.15) is 0 Å². The highest BCUT2D eigenvalue weighted by Crippen LogP contribution is 2.11. The number of aryl methyl sites for hydroxylation is 1. The van der Waals surface area contributed by atoms with Crippen molar-refractivity contribution in [2.75, 3.05) is 44.7 Å². The molecule has 1 unspecified atom stereocenters. The first kappa shape index (κ1) is 19.9. The molecule has 2 N–H and O–H groups in total. The zero-order chi connectivity index (χ0) is 16.3. The molecule has 0 bridgehead atoms. The van der Waals surface area contributed by atoms with Crippen LogP contribution in [0.4, 0.5) is 5.82 Å². The third-order valence-corrected chi connectivity index (χ3v) is 3.69. The van der Waals surface area contributed by atoms with Gasteiger partial charge in [-0.2, -0.15) is 0 Å². The molecular formula is C15H28ClN5O2. The average Bonchev–Trinajstić information content (AvgIpc) is 2.40. The Bertz CT molecular complexity index is 558. The van der Waals surface area contributed by atoms with E-state index < -0.39 is 0 Å². The van der Waals surface area contributed by atoms with Crippen LogP contribution >= 0.6 is 12.4 Å². The summed E-state index contributed by atoms with van der Waals surface area (Å²) in [5.74, 6) is 0.449. The second kappa shape index (κ2) is 8.10. The Morgan fingerprint density at radius 2 is 2.22 bits per heavy atom. The van der Waals surface area contributed by atoms with Gasteiger partial charge in [0.15, 0.2) is 5.82 Å². The van der Waals surface area contributed by atoms with Crippen molar-refractivity contribution in [2.24, 2.45) is 12.8 Å². The molecule has 0 radical (unpaired) electrons. The molecule has 0 amide bonds. The Morgan fingerprint density at radius 3 is 2.87 bits per heavy atom. The fourth-order valence-corrected chi connectivity index (χ4v) is 2.75. The number of nitrogens with two attached hydrogens (primary N) is 1. The van der Waals surface area contributed by atoms with Crippen molar-refractivity contribution in [3.05, 3.63) is 22.7 Å². The highest BCUT2D eigenvalue weighted by atomic mass is 35.5. The van der Waals surface area contributed by atoms with Gasteiger partial charge in [-0.15, -0.1) is 12.4 Å². The minimum atomic E-state index is -0.218. The van der Waals surface area contributed by atoms with Crippen molar-refractivity contribution < 1.29 is 4.74 Å². The maximum atomic E-state index is 12.1. The number of nitrogens with zero attached hydrogens (tertiary/aromatic N) is 4. The molecule has 132 valence electrons. The van der Waals surface area contributed by atoms with Crippen molar-refractivity contribution in [2.45, 2.75) is 25.5 Å². The van der Waals surface area contributed by atoms with Crippen LogP contribution in [0.1, 0.15) is 13.8 Å². The molecule has 0 aromatic carbocycles. The minimum absolute atomic E-state index is 0. The van der Waals surface area contributed by atoms with E-state index in [0.29, 0.717) is 19.0 Å². The van der Waals surface area contributed by atoms with Crippen molar-refractivity contribution in [3.63, 3.8) is 0 Å². The molecule has 2 heterocycles. The summed E-state index contributed by atoms with van der Waals surface area (Å²) in [6, 6.07) is 0. The smallest absolute Gasteiger partial charge is 0.293 e. The molecule has 1 aliphatic rings. The van der Waals surface area contributed by atoms with Crippen molar-refractivity contribution in [1.29, 1.82) is 0 Å². The van der Waals surface area contributed by atoms with Crippen molar-refractivity contribution >= 4 is 18.2 Å². The maximum absolute atomic E-state index is 12.1. The van der Waals surface area contributed by atoms with Gasteiger partial charge in [0.2, 0.25) is 0 Å². The number of rotatable bonds is 5. The van der Waals surface area contributed by atoms with Crippen LogP contribution < -0.4 is 16.2 Å². The summed E-state index contributed by atoms with van der Waals surface area (Å²) in [6.07, 6.45) is 3.34. The summed E-state index contributed by atoms with van der Waals surface area (Å²) in [6.45, 7) is 7.93. The lowest BCUT2D eigenvalue weighted by atomic mass is 10.1. The summed E-state index contributed by atoms with van der Waals surface area (Å²) >= 11 is 0. The molecule has 2 rings (SSSR count). The predicted molar refractivity (Wildman–Crippen MR) is 94.4 cm³/mol. The number of anilines is 1. The van der Waals surface area contributed by atoms with Crippen LogP contribution in [0.5, 0.6) is 0 Å². The Kier molecular flexibility index (Phi) is 7.01. The van der Waals surface area contributed by atoms with E-state index in [4.69, 9.17) is 10.5 Å². The van der Waals surface area contributed by atoms with Gasteiger partial charge in [-0.3, -0.25) is 9.69 Å². The highest BCUT2D eigenvalue weighted by molar-refractivity contribution is 5.85. The van der Waals surface area contributed by atoms with E-state index in [9.17, 15) is 4.79 Å². The summed E-state index contributed by atoms with van der Waals surface area (Å²) in [5, 5.41) is 0. The number of aromatic nitrogens is 2. The molecule has 0 spiro atoms. The van der Waals surface area contributed by atoms with Gasteiger partial charge in [-0.1, -0.05) is 0 Å². The number of hydrogen-bond donors (Lipinski definition) is 1. The van der Waals surface area contributed by atoms with Crippen molar-refractivity contribution in [1.82, 2.24) is 14.5 Å². The van der Waals surface area contributed by atoms with Gasteiger partial charge in [0.05, 0.1) is 12.7 Å². The van der Waals surface area contributed by atoms with Crippen LogP contribution in [0, 0.1) is 0 Å². The summed E-state index contributed by atoms with van der Waals surface area (Å²) in [7, 11) is 3.60. The lowest BCUT2D eigenvalue weighted by molar-refractivity contribution is -0.0283. The third-order valence-electron chi connectivity index (χ3n) is 3.69. The SMILES string of the molecule is CN(CC1CN(CC(C)(C)N)CCO1)c1nccn(C)c1=O.Cl. The molecular weight excluding hydrogens is 318 g/mol. The van der Waals surface area contributed by atoms with Crippen LogP contribution in [-0.4, -0.2) is 65.9 Å². The molecule has 1 fully saturated rings. The van der Waals surface area contributed by atoms with Gasteiger partial charge >= 0.3 is 0 Å². The van der Waals surface area contributed by atoms with E-state index in [-0.39, 0.29) is 29.6 Å². The Hall–Kier alpha value is -1.15. The fourth-order valence-electron chi connectivity index (χ4n) is 2.75. The van der Waals surface area contributed by atoms with Gasteiger partial charge in [-0.05, 0) is 13.8 Å². The quantitative estimate of drug-likeness (QED) is 0.814. The number of morpholine rings is 1. The second-order valence-electron chi connectivity index (χ2n) is 6.76. The average molecular weight is 346 g/mol. The van der Waals surface area contributed by atoms with Crippen molar-refractivity contribution in [3.8, 4) is 0 Å². The highest BCUT2D eigenvalue weighted by Gasteiger charge is 2.26. The zero-order valence-electron chi connectivity index (χ0n) is 14.4. The Labute approximate surface area is 143 Å². The van der Waals surface area contributed by atoms with E-state index in [1.54, 1.807) is 19.4 Å². The van der Waals surface area contributed by atoms with Gasteiger partial charge < -0.3 is 19.9 Å². The van der Waals surface area contributed by atoms with Gasteiger partial charge in [0, 0.05) is 58.2 Å². The molecule has 1 atom stereocenters. The Balaban J connectivity index is 0.00000264. The molecule has 0 aliphatic carbocycles. The number of hydrogen-bond acceptors (Lipinski definition) is 6. The minimum Gasteiger partial charge on any atom is -0.374 e. The first-order valence-electron chi connectivity index (χ1n) is 7.62. The first-order valence-corrected chi connectivity index (χ1v) is 7.62. The van der Waals surface area contributed by atoms with Crippen LogP contribution in [0.25, 0.3) is 0 Å². The van der Waals surface area contributed by atoms with Crippen LogP contribution in [-0.2, 0) is 11.8 Å². The summed E-state index contributed by atoms with van der Waals surface area (Å²) in [4.78, 5) is 20.5. The van der Waals surface area contributed by atoms with Crippen LogP contribution in [0.15, 0.2) is 17.2 Å². The molecule has 1 aromatic heterocycles. The van der Waals surface area contributed by atoms with E-state index in [1.807, 2.05) is 25.8 Å². The normalized spacial score (nSPS) is 19.3. The molecule has 1 saturated heterocycles. The number of likely N-dealkylation sites (N-methyl/N-ethyl adjacent to an activating group) is 1. The predicted octanol–water partition coefficient (Wildman–Crippen LogP) is 0.0764. The number of halogens is 1. The molecule has 8 heteroatoms. The van der Waals surface area contributed by atoms with Crippen LogP contribution in [0.3, 0.4) is 0 Å². The monoisotopic (exact) mass is 345 g/mol. The maximum Gasteiger partial charge on any atom is 0.293 e. The first-order chi connectivity index (χ1) is 10.3. The number of ether oxygens (including phenoxy) is 1. The van der Waals surface area contributed by atoms with E-state index >= 15 is 0 Å². The molecule has 0 saturated carbocycles. The van der Waals surface area contributed by atoms with Gasteiger partial charge in [0.25, 0.3) is 5.56 Å². The standard InChI is InChI=1S/C15H27N5O2.ClH/c1-15(2,16)11-20-7-8-22-12(10-20)9-19(4)13-14(21)18(3)6-5-17-13;/h5-6,12H,7-11,16H2,1-4H3;1H. The van der Waals surface area contributed by atoms with E-state index in [0.717, 1.165) is 19.6 Å². The lowest BCUT2D eigenvalue weighted by Crippen LogP contribution is -2.53. The lowest BCUT2D eigenvalue weighted by Gasteiger charge is -2.37. The molecule has 7 nitrogen and oxygen atoms in total. The molecule has 1 aromatic rings. The third kappa shape index (κ3) is 5.76. The summed E-state index contributed by atoms with van der Waals surface area (Å²) in [5.41, 5.74) is 5.78. The van der Waals surface area contributed by atoms with Crippen LogP contribution in [0.2, 0.25) is 0 Å². The van der Waals surface area contributed by atoms with E-state index in [1.165, 1.54) is 4.57 Å². The Morgan fingerprint density at radius 1 is 1.52 bits per heavy atom. The molecule has 1 aliphatic heterocycles. The van der Waals surface area contributed by atoms with Gasteiger partial charge in [-0.25, -0.2) is 4.98 Å². The zero-order valence-corrected chi connectivity index (χ0v) is 15.2.